The Bertz CT molecular complexity index is 716. The van der Waals surface area contributed by atoms with E-state index < -0.39 is 0 Å². The lowest BCUT2D eigenvalue weighted by Crippen LogP contribution is -2.99. The summed E-state index contributed by atoms with van der Waals surface area (Å²) in [5, 5.41) is 0. The van der Waals surface area contributed by atoms with Gasteiger partial charge in [0.25, 0.3) is 0 Å². The molecule has 2 aromatic rings. The third-order valence-corrected chi connectivity index (χ3v) is 3.43. The van der Waals surface area contributed by atoms with Crippen LogP contribution in [0.5, 0.6) is 0 Å². The first-order valence-corrected chi connectivity index (χ1v) is 6.56. The molecule has 0 bridgehead atoms. The number of nitrogens with zero attached hydrogens (tertiary/aromatic N) is 2. The second kappa shape index (κ2) is 4.90. The molecule has 3 N–H and O–H groups in total. The first-order chi connectivity index (χ1) is 9.69. The molecular formula is C16H17N4+. The van der Waals surface area contributed by atoms with Crippen LogP contribution < -0.4 is 10.6 Å². The summed E-state index contributed by atoms with van der Waals surface area (Å²) >= 11 is 0. The number of nitrogens with two attached hydrogens (primary N) is 1. The van der Waals surface area contributed by atoms with Gasteiger partial charge in [-0.3, -0.25) is 0 Å². The zero-order valence-corrected chi connectivity index (χ0v) is 11.6. The van der Waals surface area contributed by atoms with E-state index >= 15 is 0 Å². The van der Waals surface area contributed by atoms with Crippen molar-refractivity contribution in [3.63, 3.8) is 0 Å². The van der Waals surface area contributed by atoms with Gasteiger partial charge in [-0.15, -0.1) is 0 Å². The number of benzene rings is 2. The van der Waals surface area contributed by atoms with Crippen LogP contribution >= 0.6 is 0 Å². The van der Waals surface area contributed by atoms with Gasteiger partial charge < -0.3 is 5.73 Å². The van der Waals surface area contributed by atoms with Crippen molar-refractivity contribution in [2.45, 2.75) is 13.8 Å². The normalized spacial score (nSPS) is 16.8. The summed E-state index contributed by atoms with van der Waals surface area (Å²) in [6.45, 7) is 4.16. The summed E-state index contributed by atoms with van der Waals surface area (Å²) < 4.78 is 0. The lowest BCUT2D eigenvalue weighted by atomic mass is 10.1. The molecular weight excluding hydrogens is 248 g/mol. The molecule has 100 valence electrons. The van der Waals surface area contributed by atoms with Gasteiger partial charge in [-0.2, -0.15) is 4.99 Å². The van der Waals surface area contributed by atoms with Crippen LogP contribution in [0, 0.1) is 13.8 Å². The van der Waals surface area contributed by atoms with E-state index in [2.05, 4.69) is 48.1 Å². The molecule has 1 atom stereocenters. The summed E-state index contributed by atoms with van der Waals surface area (Å²) in [7, 11) is 0. The van der Waals surface area contributed by atoms with E-state index in [1.807, 2.05) is 18.5 Å². The van der Waals surface area contributed by atoms with Crippen LogP contribution in [0.1, 0.15) is 11.1 Å². The first kappa shape index (κ1) is 12.6. The van der Waals surface area contributed by atoms with Gasteiger partial charge in [-0.25, -0.2) is 9.89 Å². The number of aryl methyl sites for hydroxylation is 2. The number of quaternary nitrogens is 1. The Hall–Kier alpha value is -2.46. The van der Waals surface area contributed by atoms with Crippen molar-refractivity contribution in [1.82, 2.24) is 0 Å². The molecule has 0 radical (unpaired) electrons. The summed E-state index contributed by atoms with van der Waals surface area (Å²) in [6.07, 6.45) is 3.24. The zero-order valence-electron chi connectivity index (χ0n) is 11.6. The minimum Gasteiger partial charge on any atom is -0.390 e. The number of hydrogen-bond donors (Lipinski definition) is 2. The van der Waals surface area contributed by atoms with Crippen LogP contribution in [0.15, 0.2) is 46.4 Å². The molecule has 0 amide bonds. The monoisotopic (exact) mass is 265 g/mol. The molecule has 1 aliphatic rings. The molecule has 4 nitrogen and oxygen atoms in total. The maximum atomic E-state index is 5.45. The number of aliphatic imine (C=N–C) groups is 2. The quantitative estimate of drug-likeness (QED) is 0.636. The van der Waals surface area contributed by atoms with Gasteiger partial charge in [0.05, 0.1) is 6.34 Å². The lowest BCUT2D eigenvalue weighted by molar-refractivity contribution is -0.636. The van der Waals surface area contributed by atoms with Gasteiger partial charge in [0, 0.05) is 12.1 Å². The van der Waals surface area contributed by atoms with Crippen LogP contribution in [0.3, 0.4) is 0 Å². The second-order valence-corrected chi connectivity index (χ2v) is 4.99. The highest BCUT2D eigenvalue weighted by atomic mass is 15.2. The molecule has 20 heavy (non-hydrogen) atoms. The average molecular weight is 265 g/mol. The Balaban J connectivity index is 2.15. The van der Waals surface area contributed by atoms with E-state index in [4.69, 9.17) is 5.73 Å². The fourth-order valence-corrected chi connectivity index (χ4v) is 2.45. The van der Waals surface area contributed by atoms with Crippen LogP contribution in [0.4, 0.5) is 22.7 Å². The van der Waals surface area contributed by atoms with E-state index in [-0.39, 0.29) is 0 Å². The van der Waals surface area contributed by atoms with Crippen LogP contribution in [-0.2, 0) is 0 Å². The standard InChI is InChI=1S/C16H16N4/c1-11-3-5-13(18-9-17)15(7-11)20-10-19-14-6-4-12(2)8-16(14)20/h3-10H,1-2H3,(H2,17,18)/p+1. The van der Waals surface area contributed by atoms with E-state index in [9.17, 15) is 0 Å². The lowest BCUT2D eigenvalue weighted by Gasteiger charge is -2.13. The second-order valence-electron chi connectivity index (χ2n) is 4.99. The summed E-state index contributed by atoms with van der Waals surface area (Å²) in [5.41, 5.74) is 12.0. The van der Waals surface area contributed by atoms with Gasteiger partial charge in [-0.1, -0.05) is 12.1 Å². The van der Waals surface area contributed by atoms with Crippen molar-refractivity contribution in [2.75, 3.05) is 0 Å². The van der Waals surface area contributed by atoms with Gasteiger partial charge in [0.2, 0.25) is 0 Å². The van der Waals surface area contributed by atoms with Crippen molar-refractivity contribution < 1.29 is 4.90 Å². The van der Waals surface area contributed by atoms with Crippen LogP contribution in [-0.4, -0.2) is 12.7 Å². The van der Waals surface area contributed by atoms with E-state index in [1.54, 1.807) is 0 Å². The van der Waals surface area contributed by atoms with Crippen molar-refractivity contribution in [3.05, 3.63) is 47.5 Å². The molecule has 0 aromatic heterocycles. The molecule has 0 spiro atoms. The highest BCUT2D eigenvalue weighted by Gasteiger charge is 2.25. The molecule has 1 heterocycles. The topological polar surface area (TPSA) is 55.2 Å². The maximum Gasteiger partial charge on any atom is 0.199 e. The third kappa shape index (κ3) is 2.10. The Labute approximate surface area is 118 Å². The molecule has 0 fully saturated rings. The molecule has 1 unspecified atom stereocenters. The van der Waals surface area contributed by atoms with E-state index in [1.165, 1.54) is 17.5 Å². The Morgan fingerprint density at radius 1 is 1.05 bits per heavy atom. The Kier molecular flexibility index (Phi) is 3.08. The highest BCUT2D eigenvalue weighted by molar-refractivity contribution is 5.78. The number of rotatable bonds is 2. The number of nitrogens with one attached hydrogen (secondary N) is 1. The summed E-state index contributed by atoms with van der Waals surface area (Å²) in [4.78, 5) is 9.85. The molecule has 1 aliphatic heterocycles. The maximum absolute atomic E-state index is 5.45. The molecule has 3 rings (SSSR count). The fraction of sp³-hybridized carbons (Fsp3) is 0.125. The van der Waals surface area contributed by atoms with Gasteiger partial charge >= 0.3 is 0 Å². The average Bonchev–Trinajstić information content (AvgIpc) is 2.84. The molecule has 0 saturated carbocycles. The zero-order chi connectivity index (χ0) is 14.1. The van der Waals surface area contributed by atoms with E-state index in [0.29, 0.717) is 0 Å². The predicted molar refractivity (Wildman–Crippen MR) is 83.1 cm³/mol. The van der Waals surface area contributed by atoms with Gasteiger partial charge in [0.1, 0.15) is 11.4 Å². The third-order valence-electron chi connectivity index (χ3n) is 3.43. The van der Waals surface area contributed by atoms with Crippen LogP contribution in [0.25, 0.3) is 0 Å². The van der Waals surface area contributed by atoms with Crippen molar-refractivity contribution in [3.8, 4) is 0 Å². The van der Waals surface area contributed by atoms with Crippen molar-refractivity contribution in [2.24, 2.45) is 15.7 Å². The van der Waals surface area contributed by atoms with Gasteiger partial charge in [-0.05, 0) is 37.1 Å². The first-order valence-electron chi connectivity index (χ1n) is 6.56. The number of fused-ring (bicyclic) bond motifs is 1. The van der Waals surface area contributed by atoms with Crippen molar-refractivity contribution >= 4 is 35.4 Å². The van der Waals surface area contributed by atoms with E-state index in [0.717, 1.165) is 27.6 Å². The minimum absolute atomic E-state index is 0.869. The Morgan fingerprint density at radius 3 is 2.50 bits per heavy atom. The predicted octanol–water partition coefficient (Wildman–Crippen LogP) is 2.44. The van der Waals surface area contributed by atoms with Crippen LogP contribution in [0.2, 0.25) is 0 Å². The molecule has 0 aliphatic carbocycles. The van der Waals surface area contributed by atoms with Gasteiger partial charge in [0.15, 0.2) is 17.7 Å². The molecule has 4 heteroatoms. The molecule has 2 aromatic carbocycles. The minimum atomic E-state index is 0.869. The number of hydrogen-bond acceptors (Lipinski definition) is 2. The summed E-state index contributed by atoms with van der Waals surface area (Å²) in [5.74, 6) is 0. The summed E-state index contributed by atoms with van der Waals surface area (Å²) in [6, 6.07) is 12.4. The highest BCUT2D eigenvalue weighted by Crippen LogP contribution is 2.30. The fourth-order valence-electron chi connectivity index (χ4n) is 2.45. The Morgan fingerprint density at radius 2 is 1.75 bits per heavy atom. The molecule has 0 saturated heterocycles. The SMILES string of the molecule is Cc1ccc(N=CN)c([NH+]2C=Nc3ccc(C)cc32)c1. The largest absolute Gasteiger partial charge is 0.390 e. The smallest absolute Gasteiger partial charge is 0.199 e. The van der Waals surface area contributed by atoms with Crippen molar-refractivity contribution in [1.29, 1.82) is 0 Å².